The fourth-order valence-corrected chi connectivity index (χ4v) is 6.50. The third-order valence-corrected chi connectivity index (χ3v) is 8.13. The summed E-state index contributed by atoms with van der Waals surface area (Å²) in [5.74, 6) is 0.951. The monoisotopic (exact) mass is 481 g/mol. The summed E-state index contributed by atoms with van der Waals surface area (Å²) in [7, 11) is 0. The lowest BCUT2D eigenvalue weighted by Crippen LogP contribution is -1.98. The quantitative estimate of drug-likeness (QED) is 0.253. The summed E-state index contributed by atoms with van der Waals surface area (Å²) in [6.45, 7) is 4.29. The summed E-state index contributed by atoms with van der Waals surface area (Å²) in [4.78, 5) is 9.70. The van der Waals surface area contributed by atoms with Crippen LogP contribution in [-0.4, -0.2) is 14.5 Å². The number of para-hydroxylation sites is 1. The number of hydrogen-bond donors (Lipinski definition) is 0. The third-order valence-electron chi connectivity index (χ3n) is 6.94. The minimum absolute atomic E-state index is 0.951. The Morgan fingerprint density at radius 3 is 2.31 bits per heavy atom. The van der Waals surface area contributed by atoms with Crippen molar-refractivity contribution in [3.8, 4) is 28.2 Å². The van der Waals surface area contributed by atoms with Gasteiger partial charge < -0.3 is 0 Å². The van der Waals surface area contributed by atoms with Gasteiger partial charge in [-0.25, -0.2) is 4.98 Å². The molecule has 0 atom stereocenters. The van der Waals surface area contributed by atoms with Gasteiger partial charge in [-0.05, 0) is 60.4 Å². The highest BCUT2D eigenvalue weighted by Crippen LogP contribution is 2.43. The van der Waals surface area contributed by atoms with Crippen LogP contribution in [0.4, 0.5) is 0 Å². The van der Waals surface area contributed by atoms with E-state index in [9.17, 15) is 0 Å². The lowest BCUT2D eigenvalue weighted by atomic mass is 10.0. The highest BCUT2D eigenvalue weighted by atomic mass is 32.1. The zero-order chi connectivity index (χ0) is 24.2. The van der Waals surface area contributed by atoms with Gasteiger partial charge in [-0.15, -0.1) is 11.3 Å². The summed E-state index contributed by atoms with van der Waals surface area (Å²) >= 11 is 1.86. The van der Waals surface area contributed by atoms with Gasteiger partial charge in [-0.2, -0.15) is 0 Å². The first-order chi connectivity index (χ1) is 17.7. The number of benzene rings is 4. The number of aromatic nitrogens is 3. The first kappa shape index (κ1) is 21.0. The lowest BCUT2D eigenvalue weighted by Gasteiger charge is -2.11. The summed E-state index contributed by atoms with van der Waals surface area (Å²) in [5.41, 5.74) is 9.10. The predicted molar refractivity (Wildman–Crippen MR) is 152 cm³/mol. The molecule has 0 saturated carbocycles. The van der Waals surface area contributed by atoms with E-state index in [1.165, 1.54) is 36.9 Å². The number of fused-ring (bicyclic) bond motifs is 4. The average Bonchev–Trinajstić information content (AvgIpc) is 3.50. The summed E-state index contributed by atoms with van der Waals surface area (Å²) < 4.78 is 4.81. The second-order valence-electron chi connectivity index (χ2n) is 9.24. The largest absolute Gasteiger partial charge is 0.291 e. The first-order valence-electron chi connectivity index (χ1n) is 12.1. The van der Waals surface area contributed by atoms with Crippen LogP contribution in [0.2, 0.25) is 0 Å². The Balaban J connectivity index is 1.54. The smallest absolute Gasteiger partial charge is 0.147 e. The van der Waals surface area contributed by atoms with Crippen LogP contribution < -0.4 is 0 Å². The van der Waals surface area contributed by atoms with E-state index in [1.807, 2.05) is 29.8 Å². The van der Waals surface area contributed by atoms with Crippen molar-refractivity contribution >= 4 is 42.5 Å². The van der Waals surface area contributed by atoms with Gasteiger partial charge in [-0.1, -0.05) is 66.7 Å². The van der Waals surface area contributed by atoms with Crippen LogP contribution in [0.25, 0.3) is 59.4 Å². The molecule has 0 spiro atoms. The number of rotatable bonds is 3. The fraction of sp³-hybridized carbons (Fsp3) is 0.0625. The molecule has 0 aliphatic carbocycles. The van der Waals surface area contributed by atoms with E-state index in [4.69, 9.17) is 4.98 Å². The van der Waals surface area contributed by atoms with Crippen molar-refractivity contribution in [1.82, 2.24) is 14.5 Å². The molecule has 0 radical (unpaired) electrons. The van der Waals surface area contributed by atoms with Crippen LogP contribution in [-0.2, 0) is 0 Å². The van der Waals surface area contributed by atoms with Crippen molar-refractivity contribution < 1.29 is 0 Å². The Kier molecular flexibility index (Phi) is 4.76. The van der Waals surface area contributed by atoms with E-state index in [2.05, 4.69) is 108 Å². The Bertz CT molecular complexity index is 1900. The summed E-state index contributed by atoms with van der Waals surface area (Å²) in [6, 6.07) is 32.4. The maximum absolute atomic E-state index is 5.20. The molecule has 172 valence electrons. The van der Waals surface area contributed by atoms with Gasteiger partial charge in [0.15, 0.2) is 0 Å². The fourth-order valence-electron chi connectivity index (χ4n) is 5.17. The van der Waals surface area contributed by atoms with Gasteiger partial charge in [-0.3, -0.25) is 9.55 Å². The second-order valence-corrected chi connectivity index (χ2v) is 10.3. The highest BCUT2D eigenvalue weighted by Gasteiger charge is 2.20. The lowest BCUT2D eigenvalue weighted by molar-refractivity contribution is 1.10. The van der Waals surface area contributed by atoms with Crippen LogP contribution in [0.5, 0.6) is 0 Å². The van der Waals surface area contributed by atoms with Gasteiger partial charge in [0.05, 0.1) is 17.2 Å². The Labute approximate surface area is 213 Å². The zero-order valence-corrected chi connectivity index (χ0v) is 20.9. The van der Waals surface area contributed by atoms with Gasteiger partial charge in [0, 0.05) is 37.6 Å². The van der Waals surface area contributed by atoms with Crippen molar-refractivity contribution in [3.63, 3.8) is 0 Å². The number of thiophene rings is 1. The molecule has 0 bridgehead atoms. The van der Waals surface area contributed by atoms with Crippen LogP contribution in [0.1, 0.15) is 11.1 Å². The van der Waals surface area contributed by atoms with E-state index in [1.54, 1.807) is 0 Å². The molecule has 36 heavy (non-hydrogen) atoms. The maximum atomic E-state index is 5.20. The summed E-state index contributed by atoms with van der Waals surface area (Å²) in [5, 5.41) is 2.61. The molecule has 3 nitrogen and oxygen atoms in total. The SMILES string of the molecule is Cc1cncc2c1nc(-c1ccc(C)c3c1sc1cc(-c4ccccc4)ccc13)n2-c1ccccc1. The Morgan fingerprint density at radius 1 is 0.722 bits per heavy atom. The standard InChI is InChI=1S/C32H23N3S/c1-20-13-15-26(31-29(20)25-16-14-23(17-28(25)36-31)22-9-5-3-6-10-22)32-34-30-21(2)18-33-19-27(30)35(32)24-11-7-4-8-12-24/h3-19H,1-2H3. The molecular formula is C32H23N3S. The van der Waals surface area contributed by atoms with Crippen LogP contribution in [0.15, 0.2) is 103 Å². The normalized spacial score (nSPS) is 11.6. The number of aryl methyl sites for hydroxylation is 2. The molecule has 7 aromatic rings. The third kappa shape index (κ3) is 3.19. The van der Waals surface area contributed by atoms with Gasteiger partial charge in [0.25, 0.3) is 0 Å². The van der Waals surface area contributed by atoms with E-state index < -0.39 is 0 Å². The number of hydrogen-bond acceptors (Lipinski definition) is 3. The van der Waals surface area contributed by atoms with Crippen molar-refractivity contribution in [3.05, 3.63) is 115 Å². The minimum atomic E-state index is 0.951. The molecule has 4 heteroatoms. The molecule has 4 aromatic carbocycles. The number of pyridine rings is 1. The Morgan fingerprint density at radius 2 is 1.50 bits per heavy atom. The molecular weight excluding hydrogens is 458 g/mol. The molecule has 0 fully saturated rings. The van der Waals surface area contributed by atoms with Crippen molar-refractivity contribution in [1.29, 1.82) is 0 Å². The highest BCUT2D eigenvalue weighted by molar-refractivity contribution is 7.26. The van der Waals surface area contributed by atoms with Gasteiger partial charge in [0.2, 0.25) is 0 Å². The van der Waals surface area contributed by atoms with Crippen molar-refractivity contribution in [2.24, 2.45) is 0 Å². The molecule has 3 aromatic heterocycles. The van der Waals surface area contributed by atoms with Crippen molar-refractivity contribution in [2.75, 3.05) is 0 Å². The van der Waals surface area contributed by atoms with Crippen LogP contribution in [0, 0.1) is 13.8 Å². The van der Waals surface area contributed by atoms with Gasteiger partial charge >= 0.3 is 0 Å². The molecule has 0 aliphatic heterocycles. The van der Waals surface area contributed by atoms with Crippen LogP contribution >= 0.6 is 11.3 Å². The molecule has 0 amide bonds. The van der Waals surface area contributed by atoms with E-state index in [-0.39, 0.29) is 0 Å². The molecule has 3 heterocycles. The predicted octanol–water partition coefficient (Wildman–Crippen LogP) is 8.74. The molecule has 0 saturated heterocycles. The van der Waals surface area contributed by atoms with Crippen LogP contribution in [0.3, 0.4) is 0 Å². The van der Waals surface area contributed by atoms with E-state index in [0.717, 1.165) is 33.7 Å². The molecule has 7 rings (SSSR count). The number of imidazole rings is 1. The van der Waals surface area contributed by atoms with E-state index in [0.29, 0.717) is 0 Å². The first-order valence-corrected chi connectivity index (χ1v) is 12.9. The average molecular weight is 482 g/mol. The molecule has 0 N–H and O–H groups in total. The maximum Gasteiger partial charge on any atom is 0.147 e. The minimum Gasteiger partial charge on any atom is -0.291 e. The number of nitrogens with zero attached hydrogens (tertiary/aromatic N) is 3. The Hall–Kier alpha value is -4.28. The molecule has 0 aliphatic rings. The second kappa shape index (κ2) is 8.14. The summed E-state index contributed by atoms with van der Waals surface area (Å²) in [6.07, 6.45) is 3.82. The zero-order valence-electron chi connectivity index (χ0n) is 20.1. The topological polar surface area (TPSA) is 30.7 Å². The van der Waals surface area contributed by atoms with E-state index >= 15 is 0 Å². The molecule has 0 unspecified atom stereocenters. The van der Waals surface area contributed by atoms with Gasteiger partial charge in [0.1, 0.15) is 5.82 Å². The van der Waals surface area contributed by atoms with Crippen molar-refractivity contribution in [2.45, 2.75) is 13.8 Å².